The summed E-state index contributed by atoms with van der Waals surface area (Å²) in [5.74, 6) is 0.995. The third-order valence-electron chi connectivity index (χ3n) is 3.94. The number of carbonyl (C=O) groups excluding carboxylic acids is 1. The van der Waals surface area contributed by atoms with Gasteiger partial charge in [0.15, 0.2) is 0 Å². The number of aromatic nitrogens is 1. The fourth-order valence-electron chi connectivity index (χ4n) is 2.75. The summed E-state index contributed by atoms with van der Waals surface area (Å²) in [5, 5.41) is 12.4. The second-order valence-corrected chi connectivity index (χ2v) is 5.54. The molecule has 0 aliphatic heterocycles. The number of nitrogens with one attached hydrogen (secondary N) is 1. The number of carbonyl (C=O) groups is 1. The Morgan fingerprint density at radius 3 is 3.05 bits per heavy atom. The molecule has 1 fully saturated rings. The standard InChI is InChI=1S/C16H24N2O3/c19-12-13-5-1-2-7-15(13)18-16(20)8-4-10-21-14-6-3-9-17-11-14/h3,6,9,11,13,15,19H,1-2,4-5,7-8,10,12H2,(H,18,20). The summed E-state index contributed by atoms with van der Waals surface area (Å²) in [4.78, 5) is 15.9. The van der Waals surface area contributed by atoms with E-state index < -0.39 is 0 Å². The maximum Gasteiger partial charge on any atom is 0.220 e. The van der Waals surface area contributed by atoms with Crippen molar-refractivity contribution in [2.75, 3.05) is 13.2 Å². The van der Waals surface area contributed by atoms with Crippen LogP contribution in [0.3, 0.4) is 0 Å². The lowest BCUT2D eigenvalue weighted by molar-refractivity contribution is -0.122. The van der Waals surface area contributed by atoms with Gasteiger partial charge in [-0.05, 0) is 31.4 Å². The second kappa shape index (κ2) is 8.62. The van der Waals surface area contributed by atoms with E-state index in [1.807, 2.05) is 12.1 Å². The number of aliphatic hydroxyl groups is 1. The van der Waals surface area contributed by atoms with Crippen LogP contribution in [0, 0.1) is 5.92 Å². The zero-order valence-electron chi connectivity index (χ0n) is 12.3. The van der Waals surface area contributed by atoms with E-state index in [-0.39, 0.29) is 24.5 Å². The Morgan fingerprint density at radius 1 is 1.43 bits per heavy atom. The first-order valence-electron chi connectivity index (χ1n) is 7.72. The number of rotatable bonds is 7. The molecular weight excluding hydrogens is 268 g/mol. The molecule has 1 saturated carbocycles. The van der Waals surface area contributed by atoms with Crippen LogP contribution in [0.2, 0.25) is 0 Å². The van der Waals surface area contributed by atoms with E-state index in [1.54, 1.807) is 12.4 Å². The summed E-state index contributed by atoms with van der Waals surface area (Å²) < 4.78 is 5.51. The molecule has 0 bridgehead atoms. The highest BCUT2D eigenvalue weighted by molar-refractivity contribution is 5.76. The Morgan fingerprint density at radius 2 is 2.29 bits per heavy atom. The molecule has 0 radical (unpaired) electrons. The van der Waals surface area contributed by atoms with E-state index in [1.165, 1.54) is 0 Å². The van der Waals surface area contributed by atoms with Crippen molar-refractivity contribution in [3.63, 3.8) is 0 Å². The molecule has 2 atom stereocenters. The average Bonchev–Trinajstić information content (AvgIpc) is 2.53. The summed E-state index contributed by atoms with van der Waals surface area (Å²) in [7, 11) is 0. The van der Waals surface area contributed by atoms with Crippen LogP contribution in [0.25, 0.3) is 0 Å². The highest BCUT2D eigenvalue weighted by Crippen LogP contribution is 2.24. The van der Waals surface area contributed by atoms with Crippen molar-refractivity contribution in [1.29, 1.82) is 0 Å². The van der Waals surface area contributed by atoms with E-state index in [0.717, 1.165) is 31.4 Å². The van der Waals surface area contributed by atoms with Gasteiger partial charge in [-0.1, -0.05) is 12.8 Å². The normalized spacial score (nSPS) is 21.8. The molecule has 1 aliphatic carbocycles. The van der Waals surface area contributed by atoms with Gasteiger partial charge in [0.05, 0.1) is 12.8 Å². The summed E-state index contributed by atoms with van der Waals surface area (Å²) >= 11 is 0. The largest absolute Gasteiger partial charge is 0.492 e. The summed E-state index contributed by atoms with van der Waals surface area (Å²) in [5.41, 5.74) is 0. The van der Waals surface area contributed by atoms with Crippen LogP contribution < -0.4 is 10.1 Å². The van der Waals surface area contributed by atoms with Gasteiger partial charge in [-0.3, -0.25) is 9.78 Å². The second-order valence-electron chi connectivity index (χ2n) is 5.54. The monoisotopic (exact) mass is 292 g/mol. The van der Waals surface area contributed by atoms with Gasteiger partial charge in [-0.15, -0.1) is 0 Å². The Kier molecular flexibility index (Phi) is 6.47. The minimum absolute atomic E-state index is 0.0511. The fourth-order valence-corrected chi connectivity index (χ4v) is 2.75. The highest BCUT2D eigenvalue weighted by atomic mass is 16.5. The van der Waals surface area contributed by atoms with Crippen molar-refractivity contribution < 1.29 is 14.6 Å². The van der Waals surface area contributed by atoms with Gasteiger partial charge < -0.3 is 15.2 Å². The van der Waals surface area contributed by atoms with Gasteiger partial charge in [-0.2, -0.15) is 0 Å². The number of hydrogen-bond acceptors (Lipinski definition) is 4. The quantitative estimate of drug-likeness (QED) is 0.753. The molecular formula is C16H24N2O3. The average molecular weight is 292 g/mol. The molecule has 21 heavy (non-hydrogen) atoms. The van der Waals surface area contributed by atoms with Gasteiger partial charge in [0.1, 0.15) is 5.75 Å². The molecule has 5 nitrogen and oxygen atoms in total. The zero-order valence-corrected chi connectivity index (χ0v) is 12.3. The van der Waals surface area contributed by atoms with E-state index in [0.29, 0.717) is 19.4 Å². The van der Waals surface area contributed by atoms with Gasteiger partial charge in [0.2, 0.25) is 5.91 Å². The predicted molar refractivity (Wildman–Crippen MR) is 79.9 cm³/mol. The maximum atomic E-state index is 11.9. The van der Waals surface area contributed by atoms with Crippen molar-refractivity contribution in [2.45, 2.75) is 44.6 Å². The van der Waals surface area contributed by atoms with Crippen LogP contribution in [0.1, 0.15) is 38.5 Å². The Bertz CT molecular complexity index is 425. The maximum absolute atomic E-state index is 11.9. The first kappa shape index (κ1) is 15.8. The van der Waals surface area contributed by atoms with Crippen molar-refractivity contribution in [2.24, 2.45) is 5.92 Å². The molecule has 1 aromatic heterocycles. The predicted octanol–water partition coefficient (Wildman–Crippen LogP) is 1.91. The minimum Gasteiger partial charge on any atom is -0.492 e. The molecule has 2 rings (SSSR count). The lowest BCUT2D eigenvalue weighted by Gasteiger charge is -2.30. The molecule has 1 aromatic rings. The van der Waals surface area contributed by atoms with Crippen molar-refractivity contribution in [3.8, 4) is 5.75 Å². The topological polar surface area (TPSA) is 71.5 Å². The van der Waals surface area contributed by atoms with Crippen molar-refractivity contribution in [3.05, 3.63) is 24.5 Å². The van der Waals surface area contributed by atoms with Crippen LogP contribution in [-0.4, -0.2) is 35.3 Å². The Labute approximate surface area is 125 Å². The number of amides is 1. The third-order valence-corrected chi connectivity index (χ3v) is 3.94. The summed E-state index contributed by atoms with van der Waals surface area (Å²) in [6.07, 6.45) is 8.75. The van der Waals surface area contributed by atoms with E-state index in [9.17, 15) is 9.90 Å². The summed E-state index contributed by atoms with van der Waals surface area (Å²) in [6.45, 7) is 0.669. The van der Waals surface area contributed by atoms with E-state index in [2.05, 4.69) is 10.3 Å². The number of nitrogens with zero attached hydrogens (tertiary/aromatic N) is 1. The van der Waals surface area contributed by atoms with E-state index in [4.69, 9.17) is 4.74 Å². The number of aliphatic hydroxyl groups excluding tert-OH is 1. The van der Waals surface area contributed by atoms with Gasteiger partial charge in [0.25, 0.3) is 0 Å². The lowest BCUT2D eigenvalue weighted by atomic mass is 9.85. The smallest absolute Gasteiger partial charge is 0.220 e. The Balaban J connectivity index is 1.63. The van der Waals surface area contributed by atoms with Crippen LogP contribution >= 0.6 is 0 Å². The molecule has 116 valence electrons. The number of hydrogen-bond donors (Lipinski definition) is 2. The molecule has 1 aliphatic rings. The molecule has 5 heteroatoms. The van der Waals surface area contributed by atoms with Gasteiger partial charge >= 0.3 is 0 Å². The molecule has 2 unspecified atom stereocenters. The highest BCUT2D eigenvalue weighted by Gasteiger charge is 2.25. The molecule has 0 saturated heterocycles. The van der Waals surface area contributed by atoms with Crippen LogP contribution in [0.15, 0.2) is 24.5 Å². The van der Waals surface area contributed by atoms with Crippen molar-refractivity contribution >= 4 is 5.91 Å². The summed E-state index contributed by atoms with van der Waals surface area (Å²) in [6, 6.07) is 3.80. The SMILES string of the molecule is O=C(CCCOc1cccnc1)NC1CCCCC1CO. The zero-order chi connectivity index (χ0) is 14.9. The molecule has 0 aromatic carbocycles. The van der Waals surface area contributed by atoms with Crippen LogP contribution in [-0.2, 0) is 4.79 Å². The fraction of sp³-hybridized carbons (Fsp3) is 0.625. The minimum atomic E-state index is 0.0511. The Hall–Kier alpha value is -1.62. The third kappa shape index (κ3) is 5.34. The lowest BCUT2D eigenvalue weighted by Crippen LogP contribution is -2.43. The van der Waals surface area contributed by atoms with Crippen molar-refractivity contribution in [1.82, 2.24) is 10.3 Å². The van der Waals surface area contributed by atoms with Gasteiger partial charge in [0, 0.05) is 31.2 Å². The molecule has 1 amide bonds. The van der Waals surface area contributed by atoms with Crippen LogP contribution in [0.5, 0.6) is 5.75 Å². The first-order valence-corrected chi connectivity index (χ1v) is 7.72. The van der Waals surface area contributed by atoms with Gasteiger partial charge in [-0.25, -0.2) is 0 Å². The molecule has 0 spiro atoms. The number of pyridine rings is 1. The molecule has 1 heterocycles. The first-order chi connectivity index (χ1) is 10.3. The van der Waals surface area contributed by atoms with E-state index >= 15 is 0 Å². The number of ether oxygens (including phenoxy) is 1. The molecule has 2 N–H and O–H groups in total. The van der Waals surface area contributed by atoms with Crippen LogP contribution in [0.4, 0.5) is 0 Å².